The minimum atomic E-state index is -0.429. The number of rotatable bonds is 3. The number of carbonyl (C=O) groups excluding carboxylic acids is 2. The van der Waals surface area contributed by atoms with Gasteiger partial charge in [0.2, 0.25) is 5.91 Å². The van der Waals surface area contributed by atoms with Crippen LogP contribution in [0.4, 0.5) is 10.1 Å². The fourth-order valence-corrected chi connectivity index (χ4v) is 3.15. The lowest BCUT2D eigenvalue weighted by atomic mass is 9.95. The van der Waals surface area contributed by atoms with Crippen molar-refractivity contribution >= 4 is 29.1 Å². The van der Waals surface area contributed by atoms with E-state index in [9.17, 15) is 14.0 Å². The zero-order chi connectivity index (χ0) is 17.8. The summed E-state index contributed by atoms with van der Waals surface area (Å²) >= 11 is 5.92. The Kier molecular flexibility index (Phi) is 5.34. The van der Waals surface area contributed by atoms with E-state index in [1.54, 1.807) is 35.2 Å². The lowest BCUT2D eigenvalue weighted by molar-refractivity contribution is -0.121. The van der Waals surface area contributed by atoms with Gasteiger partial charge in [-0.15, -0.1) is 0 Å². The van der Waals surface area contributed by atoms with E-state index < -0.39 is 5.82 Å². The lowest BCUT2D eigenvalue weighted by Crippen LogP contribution is -2.41. The van der Waals surface area contributed by atoms with Gasteiger partial charge in [0.25, 0.3) is 5.91 Å². The number of nitrogens with zero attached hydrogens (tertiary/aromatic N) is 1. The highest BCUT2D eigenvalue weighted by Crippen LogP contribution is 2.22. The molecule has 130 valence electrons. The molecule has 6 heteroatoms. The van der Waals surface area contributed by atoms with E-state index in [-0.39, 0.29) is 17.7 Å². The summed E-state index contributed by atoms with van der Waals surface area (Å²) in [7, 11) is 0. The summed E-state index contributed by atoms with van der Waals surface area (Å²) in [6, 6.07) is 12.7. The van der Waals surface area contributed by atoms with Gasteiger partial charge in [0.1, 0.15) is 5.82 Å². The molecule has 0 atom stereocenters. The molecule has 25 heavy (non-hydrogen) atoms. The Morgan fingerprint density at radius 2 is 1.80 bits per heavy atom. The van der Waals surface area contributed by atoms with Crippen molar-refractivity contribution in [1.29, 1.82) is 0 Å². The molecule has 1 N–H and O–H groups in total. The molecular formula is C19H18ClFN2O2. The molecule has 0 saturated carbocycles. The maximum atomic E-state index is 13.3. The molecule has 2 aromatic rings. The van der Waals surface area contributed by atoms with E-state index in [0.717, 1.165) is 0 Å². The lowest BCUT2D eigenvalue weighted by Gasteiger charge is -2.31. The quantitative estimate of drug-likeness (QED) is 0.900. The van der Waals surface area contributed by atoms with Crippen molar-refractivity contribution in [2.75, 3.05) is 18.4 Å². The molecule has 2 amide bonds. The number of likely N-dealkylation sites (tertiary alicyclic amines) is 1. The number of nitrogens with one attached hydrogen (secondary N) is 1. The minimum absolute atomic E-state index is 0.0693. The SMILES string of the molecule is O=C(Nc1cccc(Cl)c1)C1CCN(C(=O)c2cccc(F)c2)CC1. The van der Waals surface area contributed by atoms with Gasteiger partial charge in [-0.2, -0.15) is 0 Å². The Morgan fingerprint density at radius 1 is 1.08 bits per heavy atom. The molecule has 0 radical (unpaired) electrons. The van der Waals surface area contributed by atoms with E-state index in [1.807, 2.05) is 0 Å². The van der Waals surface area contributed by atoms with Crippen molar-refractivity contribution in [3.63, 3.8) is 0 Å². The van der Waals surface area contributed by atoms with Crippen LogP contribution in [-0.2, 0) is 4.79 Å². The zero-order valence-corrected chi connectivity index (χ0v) is 14.3. The Balaban J connectivity index is 1.56. The zero-order valence-electron chi connectivity index (χ0n) is 13.5. The molecule has 3 rings (SSSR count). The molecule has 0 unspecified atom stereocenters. The third-order valence-corrected chi connectivity index (χ3v) is 4.55. The predicted octanol–water partition coefficient (Wildman–Crippen LogP) is 3.97. The standard InChI is InChI=1S/C19H18ClFN2O2/c20-15-4-2-6-17(12-15)22-18(24)13-7-9-23(10-8-13)19(25)14-3-1-5-16(21)11-14/h1-6,11-13H,7-10H2,(H,22,24). The summed E-state index contributed by atoms with van der Waals surface area (Å²) in [6.07, 6.45) is 1.15. The molecule has 2 aromatic carbocycles. The maximum Gasteiger partial charge on any atom is 0.253 e. The minimum Gasteiger partial charge on any atom is -0.339 e. The van der Waals surface area contributed by atoms with Crippen molar-refractivity contribution in [2.45, 2.75) is 12.8 Å². The molecule has 1 aliphatic rings. The molecule has 0 aliphatic carbocycles. The van der Waals surface area contributed by atoms with Gasteiger partial charge in [-0.1, -0.05) is 23.7 Å². The van der Waals surface area contributed by atoms with Crippen molar-refractivity contribution in [1.82, 2.24) is 4.90 Å². The average molecular weight is 361 g/mol. The van der Waals surface area contributed by atoms with Crippen LogP contribution in [0.5, 0.6) is 0 Å². The van der Waals surface area contributed by atoms with Gasteiger partial charge in [0, 0.05) is 35.3 Å². The first-order chi connectivity index (χ1) is 12.0. The van der Waals surface area contributed by atoms with Gasteiger partial charge in [0.15, 0.2) is 0 Å². The second-order valence-electron chi connectivity index (χ2n) is 6.08. The summed E-state index contributed by atoms with van der Waals surface area (Å²) in [4.78, 5) is 26.4. The number of piperidine rings is 1. The van der Waals surface area contributed by atoms with Crippen LogP contribution >= 0.6 is 11.6 Å². The molecular weight excluding hydrogens is 343 g/mol. The van der Waals surface area contributed by atoms with E-state index >= 15 is 0 Å². The third-order valence-electron chi connectivity index (χ3n) is 4.32. The Bertz CT molecular complexity index is 788. The van der Waals surface area contributed by atoms with Gasteiger partial charge in [-0.25, -0.2) is 4.39 Å². The largest absolute Gasteiger partial charge is 0.339 e. The number of halogens is 2. The summed E-state index contributed by atoms with van der Waals surface area (Å²) in [5, 5.41) is 3.42. The van der Waals surface area contributed by atoms with Gasteiger partial charge < -0.3 is 10.2 Å². The highest BCUT2D eigenvalue weighted by Gasteiger charge is 2.28. The van der Waals surface area contributed by atoms with Crippen LogP contribution < -0.4 is 5.32 Å². The maximum absolute atomic E-state index is 13.3. The van der Waals surface area contributed by atoms with Crippen LogP contribution in [0.2, 0.25) is 5.02 Å². The third kappa shape index (κ3) is 4.37. The van der Waals surface area contributed by atoms with Gasteiger partial charge >= 0.3 is 0 Å². The first-order valence-electron chi connectivity index (χ1n) is 8.14. The van der Waals surface area contributed by atoms with Gasteiger partial charge in [0.05, 0.1) is 0 Å². The van der Waals surface area contributed by atoms with E-state index in [0.29, 0.717) is 42.2 Å². The molecule has 1 fully saturated rings. The smallest absolute Gasteiger partial charge is 0.253 e. The highest BCUT2D eigenvalue weighted by molar-refractivity contribution is 6.30. The van der Waals surface area contributed by atoms with Crippen molar-refractivity contribution in [3.05, 3.63) is 64.9 Å². The van der Waals surface area contributed by atoms with Crippen molar-refractivity contribution < 1.29 is 14.0 Å². The topological polar surface area (TPSA) is 49.4 Å². The van der Waals surface area contributed by atoms with Gasteiger partial charge in [-0.05, 0) is 49.2 Å². The van der Waals surface area contributed by atoms with Crippen LogP contribution in [0, 0.1) is 11.7 Å². The van der Waals surface area contributed by atoms with E-state index in [4.69, 9.17) is 11.6 Å². The second-order valence-corrected chi connectivity index (χ2v) is 6.51. The van der Waals surface area contributed by atoms with Crippen molar-refractivity contribution in [3.8, 4) is 0 Å². The molecule has 0 bridgehead atoms. The fraction of sp³-hybridized carbons (Fsp3) is 0.263. The summed E-state index contributed by atoms with van der Waals surface area (Å²) in [5.41, 5.74) is 0.998. The second kappa shape index (κ2) is 7.66. The summed E-state index contributed by atoms with van der Waals surface area (Å²) < 4.78 is 13.3. The first kappa shape index (κ1) is 17.4. The van der Waals surface area contributed by atoms with Gasteiger partial charge in [-0.3, -0.25) is 9.59 Å². The van der Waals surface area contributed by atoms with E-state index in [1.165, 1.54) is 18.2 Å². The monoisotopic (exact) mass is 360 g/mol. The Labute approximate surface area is 150 Å². The molecule has 1 saturated heterocycles. The average Bonchev–Trinajstić information content (AvgIpc) is 2.61. The van der Waals surface area contributed by atoms with Crippen LogP contribution in [0.3, 0.4) is 0 Å². The number of benzene rings is 2. The molecule has 4 nitrogen and oxygen atoms in total. The molecule has 0 spiro atoms. The number of carbonyl (C=O) groups is 2. The number of amides is 2. The van der Waals surface area contributed by atoms with Crippen LogP contribution in [0.1, 0.15) is 23.2 Å². The summed E-state index contributed by atoms with van der Waals surface area (Å²) in [6.45, 7) is 0.950. The highest BCUT2D eigenvalue weighted by atomic mass is 35.5. The fourth-order valence-electron chi connectivity index (χ4n) is 2.96. The van der Waals surface area contributed by atoms with Crippen LogP contribution in [0.15, 0.2) is 48.5 Å². The normalized spacial score (nSPS) is 15.0. The number of hydrogen-bond acceptors (Lipinski definition) is 2. The molecule has 1 aliphatic heterocycles. The first-order valence-corrected chi connectivity index (χ1v) is 8.52. The van der Waals surface area contributed by atoms with Crippen LogP contribution in [-0.4, -0.2) is 29.8 Å². The predicted molar refractivity (Wildman–Crippen MR) is 95.1 cm³/mol. The Morgan fingerprint density at radius 3 is 2.48 bits per heavy atom. The van der Waals surface area contributed by atoms with Crippen molar-refractivity contribution in [2.24, 2.45) is 5.92 Å². The summed E-state index contributed by atoms with van der Waals surface area (Å²) in [5.74, 6) is -0.856. The Hall–Kier alpha value is -2.40. The number of hydrogen-bond donors (Lipinski definition) is 1. The molecule has 0 aromatic heterocycles. The van der Waals surface area contributed by atoms with E-state index in [2.05, 4.69) is 5.32 Å². The molecule has 1 heterocycles. The number of anilines is 1. The van der Waals surface area contributed by atoms with Crippen LogP contribution in [0.25, 0.3) is 0 Å².